The Labute approximate surface area is 124 Å². The maximum absolute atomic E-state index is 12.4. The SMILES string of the molecule is CC(=O)c1c(C)oc(=N)c2c1Sc1ccccc1NC2=O. The second kappa shape index (κ2) is 4.89. The predicted octanol–water partition coefficient (Wildman–Crippen LogP) is 2.99. The van der Waals surface area contributed by atoms with Crippen LogP contribution in [0.15, 0.2) is 38.5 Å². The van der Waals surface area contributed by atoms with Gasteiger partial charge in [0.25, 0.3) is 5.91 Å². The number of amides is 1. The third kappa shape index (κ3) is 2.17. The highest BCUT2D eigenvalue weighted by atomic mass is 32.2. The zero-order chi connectivity index (χ0) is 15.1. The monoisotopic (exact) mass is 300 g/mol. The summed E-state index contributed by atoms with van der Waals surface area (Å²) in [4.78, 5) is 25.6. The number of hydrogen-bond acceptors (Lipinski definition) is 5. The van der Waals surface area contributed by atoms with Crippen LogP contribution in [0.25, 0.3) is 0 Å². The summed E-state index contributed by atoms with van der Waals surface area (Å²) in [5.74, 6) is -0.267. The zero-order valence-electron chi connectivity index (χ0n) is 11.4. The third-order valence-corrected chi connectivity index (χ3v) is 4.40. The number of rotatable bonds is 1. The van der Waals surface area contributed by atoms with Crippen LogP contribution in [-0.2, 0) is 0 Å². The van der Waals surface area contributed by atoms with Crippen LogP contribution in [0, 0.1) is 12.3 Å². The molecule has 0 aliphatic carbocycles. The van der Waals surface area contributed by atoms with Crippen LogP contribution in [-0.4, -0.2) is 11.7 Å². The average Bonchev–Trinajstić information content (AvgIpc) is 2.53. The Kier molecular flexibility index (Phi) is 3.17. The van der Waals surface area contributed by atoms with Gasteiger partial charge in [0.2, 0.25) is 5.55 Å². The van der Waals surface area contributed by atoms with Gasteiger partial charge in [0.05, 0.1) is 11.3 Å². The largest absolute Gasteiger partial charge is 0.443 e. The quantitative estimate of drug-likeness (QED) is 0.793. The highest BCUT2D eigenvalue weighted by Crippen LogP contribution is 2.40. The molecule has 0 bridgehead atoms. The Morgan fingerprint density at radius 1 is 1.33 bits per heavy atom. The molecule has 0 atom stereocenters. The van der Waals surface area contributed by atoms with Gasteiger partial charge in [-0.2, -0.15) is 0 Å². The Morgan fingerprint density at radius 2 is 2.05 bits per heavy atom. The molecule has 2 heterocycles. The minimum absolute atomic E-state index is 0.104. The lowest BCUT2D eigenvalue weighted by atomic mass is 10.1. The van der Waals surface area contributed by atoms with E-state index in [0.717, 1.165) is 4.90 Å². The van der Waals surface area contributed by atoms with Gasteiger partial charge >= 0.3 is 0 Å². The van der Waals surface area contributed by atoms with E-state index in [0.29, 0.717) is 21.9 Å². The van der Waals surface area contributed by atoms with Gasteiger partial charge in [-0.05, 0) is 26.0 Å². The van der Waals surface area contributed by atoms with E-state index < -0.39 is 5.91 Å². The number of nitrogens with one attached hydrogen (secondary N) is 2. The summed E-state index contributed by atoms with van der Waals surface area (Å²) in [5.41, 5.74) is 0.894. The van der Waals surface area contributed by atoms with Gasteiger partial charge < -0.3 is 9.73 Å². The molecule has 21 heavy (non-hydrogen) atoms. The number of aryl methyl sites for hydroxylation is 1. The van der Waals surface area contributed by atoms with E-state index in [9.17, 15) is 9.59 Å². The molecular formula is C15H12N2O3S. The van der Waals surface area contributed by atoms with Crippen molar-refractivity contribution in [1.29, 1.82) is 5.41 Å². The van der Waals surface area contributed by atoms with Gasteiger partial charge in [0.1, 0.15) is 11.3 Å². The standard InChI is InChI=1S/C15H12N2O3S/c1-7(18)11-8(2)20-14(16)12-13(11)21-10-6-4-3-5-9(10)17-15(12)19/h3-6,16H,1-2H3,(H,17,19). The van der Waals surface area contributed by atoms with Gasteiger partial charge in [-0.3, -0.25) is 15.0 Å². The molecule has 0 spiro atoms. The van der Waals surface area contributed by atoms with Crippen LogP contribution < -0.4 is 10.9 Å². The molecule has 0 radical (unpaired) electrons. The molecule has 0 saturated carbocycles. The Morgan fingerprint density at radius 3 is 2.76 bits per heavy atom. The number of hydrogen-bond donors (Lipinski definition) is 2. The maximum Gasteiger partial charge on any atom is 0.262 e. The fraction of sp³-hybridized carbons (Fsp3) is 0.133. The molecule has 5 nitrogen and oxygen atoms in total. The van der Waals surface area contributed by atoms with E-state index in [1.807, 2.05) is 18.2 Å². The Hall–Kier alpha value is -2.34. The summed E-state index contributed by atoms with van der Waals surface area (Å²) >= 11 is 1.31. The van der Waals surface area contributed by atoms with Gasteiger partial charge in [-0.1, -0.05) is 23.9 Å². The molecule has 2 N–H and O–H groups in total. The smallest absolute Gasteiger partial charge is 0.262 e. The molecule has 1 aliphatic rings. The van der Waals surface area contributed by atoms with Gasteiger partial charge in [0.15, 0.2) is 5.78 Å². The number of benzene rings is 1. The van der Waals surface area contributed by atoms with Crippen molar-refractivity contribution >= 4 is 29.1 Å². The van der Waals surface area contributed by atoms with E-state index in [4.69, 9.17) is 9.83 Å². The van der Waals surface area contributed by atoms with Crippen LogP contribution >= 0.6 is 11.8 Å². The van der Waals surface area contributed by atoms with Crippen molar-refractivity contribution in [3.05, 3.63) is 46.7 Å². The maximum atomic E-state index is 12.4. The van der Waals surface area contributed by atoms with E-state index in [-0.39, 0.29) is 16.9 Å². The van der Waals surface area contributed by atoms with Crippen LogP contribution in [0.4, 0.5) is 5.69 Å². The highest BCUT2D eigenvalue weighted by Gasteiger charge is 2.28. The van der Waals surface area contributed by atoms with Crippen molar-refractivity contribution in [1.82, 2.24) is 0 Å². The molecule has 1 aliphatic heterocycles. The normalized spacial score (nSPS) is 13.0. The van der Waals surface area contributed by atoms with Crippen molar-refractivity contribution in [2.24, 2.45) is 0 Å². The van der Waals surface area contributed by atoms with Crippen LogP contribution in [0.1, 0.15) is 33.4 Å². The van der Waals surface area contributed by atoms with Crippen molar-refractivity contribution in [3.8, 4) is 0 Å². The van der Waals surface area contributed by atoms with Crippen molar-refractivity contribution in [2.45, 2.75) is 23.6 Å². The number of Topliss-reactive ketones (excluding diaryl/α,β-unsaturated/α-hetero) is 1. The fourth-order valence-corrected chi connectivity index (χ4v) is 3.59. The lowest BCUT2D eigenvalue weighted by molar-refractivity contribution is 0.100. The predicted molar refractivity (Wildman–Crippen MR) is 77.8 cm³/mol. The number of para-hydroxylation sites is 1. The second-order valence-corrected chi connectivity index (χ2v) is 5.73. The number of anilines is 1. The first-order chi connectivity index (χ1) is 9.99. The molecule has 0 fully saturated rings. The molecule has 3 rings (SSSR count). The van der Waals surface area contributed by atoms with E-state index >= 15 is 0 Å². The Bertz CT molecular complexity index is 839. The van der Waals surface area contributed by atoms with Crippen molar-refractivity contribution in [2.75, 3.05) is 5.32 Å². The summed E-state index contributed by atoms with van der Waals surface area (Å²) in [5, 5.41) is 10.7. The summed E-state index contributed by atoms with van der Waals surface area (Å²) in [6.45, 7) is 3.06. The molecule has 6 heteroatoms. The van der Waals surface area contributed by atoms with E-state index in [1.165, 1.54) is 18.7 Å². The first-order valence-electron chi connectivity index (χ1n) is 6.30. The summed E-state index contributed by atoms with van der Waals surface area (Å²) in [6.07, 6.45) is 0. The first-order valence-corrected chi connectivity index (χ1v) is 7.12. The second-order valence-electron chi connectivity index (χ2n) is 4.68. The van der Waals surface area contributed by atoms with Crippen LogP contribution in [0.3, 0.4) is 0 Å². The highest BCUT2D eigenvalue weighted by molar-refractivity contribution is 7.99. The van der Waals surface area contributed by atoms with Gasteiger partial charge in [-0.15, -0.1) is 0 Å². The van der Waals surface area contributed by atoms with Crippen LogP contribution in [0.5, 0.6) is 0 Å². The van der Waals surface area contributed by atoms with Gasteiger partial charge in [-0.25, -0.2) is 0 Å². The lowest BCUT2D eigenvalue weighted by Gasteiger charge is -2.10. The molecule has 0 saturated heterocycles. The minimum Gasteiger partial charge on any atom is -0.443 e. The van der Waals surface area contributed by atoms with E-state index in [1.54, 1.807) is 13.0 Å². The number of ketones is 1. The lowest BCUT2D eigenvalue weighted by Crippen LogP contribution is -2.23. The van der Waals surface area contributed by atoms with Gasteiger partial charge in [0, 0.05) is 9.79 Å². The molecular weight excluding hydrogens is 288 g/mol. The topological polar surface area (TPSA) is 83.2 Å². The molecule has 0 unspecified atom stereocenters. The number of fused-ring (bicyclic) bond motifs is 2. The number of carbonyl (C=O) groups is 2. The molecule has 1 aromatic heterocycles. The molecule has 2 aromatic rings. The van der Waals surface area contributed by atoms with Crippen molar-refractivity contribution < 1.29 is 14.0 Å². The van der Waals surface area contributed by atoms with Crippen LogP contribution in [0.2, 0.25) is 0 Å². The minimum atomic E-state index is -0.432. The molecule has 1 amide bonds. The molecule has 1 aromatic carbocycles. The summed E-state index contributed by atoms with van der Waals surface area (Å²) in [6, 6.07) is 7.33. The van der Waals surface area contributed by atoms with Crippen molar-refractivity contribution in [3.63, 3.8) is 0 Å². The summed E-state index contributed by atoms with van der Waals surface area (Å²) < 4.78 is 5.26. The molecule has 106 valence electrons. The first kappa shape index (κ1) is 13.6. The third-order valence-electron chi connectivity index (χ3n) is 3.21. The number of carbonyl (C=O) groups excluding carboxylic acids is 2. The average molecular weight is 300 g/mol. The zero-order valence-corrected chi connectivity index (χ0v) is 12.3. The Balaban J connectivity index is 2.36. The fourth-order valence-electron chi connectivity index (χ4n) is 2.31. The van der Waals surface area contributed by atoms with E-state index in [2.05, 4.69) is 5.32 Å². The summed E-state index contributed by atoms with van der Waals surface area (Å²) in [7, 11) is 0.